The minimum absolute atomic E-state index is 0.375. The van der Waals surface area contributed by atoms with Crippen molar-refractivity contribution in [1.82, 2.24) is 4.90 Å². The highest BCUT2D eigenvalue weighted by atomic mass is 79.9. The molecule has 0 saturated carbocycles. The van der Waals surface area contributed by atoms with Crippen molar-refractivity contribution in [2.75, 3.05) is 14.2 Å². The van der Waals surface area contributed by atoms with E-state index in [4.69, 9.17) is 4.74 Å². The SMILES string of the molecule is COc1ccc(C(C)N(C)Cc2sccc2Br)cc1. The largest absolute Gasteiger partial charge is 0.497 e. The Morgan fingerprint density at radius 1 is 1.26 bits per heavy atom. The van der Waals surface area contributed by atoms with Crippen LogP contribution in [-0.4, -0.2) is 19.1 Å². The average Bonchev–Trinajstić information content (AvgIpc) is 2.83. The smallest absolute Gasteiger partial charge is 0.118 e. The number of methoxy groups -OCH3 is 1. The molecule has 0 aliphatic rings. The lowest BCUT2D eigenvalue weighted by atomic mass is 10.1. The van der Waals surface area contributed by atoms with Crippen LogP contribution < -0.4 is 4.74 Å². The Kier molecular flexibility index (Phi) is 5.02. The quantitative estimate of drug-likeness (QED) is 0.781. The van der Waals surface area contributed by atoms with Crippen LogP contribution in [0.2, 0.25) is 0 Å². The van der Waals surface area contributed by atoms with Gasteiger partial charge in [0.2, 0.25) is 0 Å². The molecular formula is C15H18BrNOS. The van der Waals surface area contributed by atoms with E-state index >= 15 is 0 Å². The van der Waals surface area contributed by atoms with Gasteiger partial charge in [-0.25, -0.2) is 0 Å². The van der Waals surface area contributed by atoms with E-state index in [1.165, 1.54) is 14.9 Å². The summed E-state index contributed by atoms with van der Waals surface area (Å²) in [6.07, 6.45) is 0. The van der Waals surface area contributed by atoms with Crippen molar-refractivity contribution in [3.8, 4) is 5.75 Å². The summed E-state index contributed by atoms with van der Waals surface area (Å²) in [5.74, 6) is 0.902. The van der Waals surface area contributed by atoms with Crippen LogP contribution in [0.15, 0.2) is 40.2 Å². The molecule has 2 aromatic rings. The fraction of sp³-hybridized carbons (Fsp3) is 0.333. The third-order valence-electron chi connectivity index (χ3n) is 3.34. The predicted octanol–water partition coefficient (Wildman–Crippen LogP) is 4.71. The van der Waals surface area contributed by atoms with E-state index in [0.717, 1.165) is 12.3 Å². The van der Waals surface area contributed by atoms with Crippen molar-refractivity contribution < 1.29 is 4.74 Å². The van der Waals surface area contributed by atoms with E-state index < -0.39 is 0 Å². The summed E-state index contributed by atoms with van der Waals surface area (Å²) in [5.41, 5.74) is 1.30. The summed E-state index contributed by atoms with van der Waals surface area (Å²) in [7, 11) is 3.85. The van der Waals surface area contributed by atoms with Crippen LogP contribution in [0.3, 0.4) is 0 Å². The van der Waals surface area contributed by atoms with Gasteiger partial charge in [0.25, 0.3) is 0 Å². The maximum atomic E-state index is 5.19. The van der Waals surface area contributed by atoms with Gasteiger partial charge < -0.3 is 4.74 Å². The Hall–Kier alpha value is -0.840. The third kappa shape index (κ3) is 3.59. The van der Waals surface area contributed by atoms with Gasteiger partial charge >= 0.3 is 0 Å². The molecule has 0 amide bonds. The molecule has 0 radical (unpaired) electrons. The van der Waals surface area contributed by atoms with Crippen LogP contribution in [0.1, 0.15) is 23.4 Å². The first-order valence-electron chi connectivity index (χ1n) is 6.18. The van der Waals surface area contributed by atoms with Crippen LogP contribution in [0.25, 0.3) is 0 Å². The van der Waals surface area contributed by atoms with Gasteiger partial charge in [0, 0.05) is 21.9 Å². The molecule has 0 spiro atoms. The number of rotatable bonds is 5. The molecule has 102 valence electrons. The number of nitrogens with zero attached hydrogens (tertiary/aromatic N) is 1. The van der Waals surface area contributed by atoms with E-state index in [9.17, 15) is 0 Å². The second kappa shape index (κ2) is 6.55. The molecule has 0 aliphatic heterocycles. The summed E-state index contributed by atoms with van der Waals surface area (Å²) in [4.78, 5) is 3.71. The van der Waals surface area contributed by atoms with Crippen LogP contribution >= 0.6 is 27.3 Å². The lowest BCUT2D eigenvalue weighted by Crippen LogP contribution is -2.21. The van der Waals surface area contributed by atoms with E-state index in [-0.39, 0.29) is 0 Å². The highest BCUT2D eigenvalue weighted by Gasteiger charge is 2.13. The molecule has 4 heteroatoms. The zero-order chi connectivity index (χ0) is 13.8. The van der Waals surface area contributed by atoms with Crippen LogP contribution in [0.5, 0.6) is 5.75 Å². The number of benzene rings is 1. The van der Waals surface area contributed by atoms with Gasteiger partial charge in [-0.05, 0) is 59.0 Å². The summed E-state index contributed by atoms with van der Waals surface area (Å²) >= 11 is 5.37. The third-order valence-corrected chi connectivity index (χ3v) is 5.25. The Bertz CT molecular complexity index is 523. The van der Waals surface area contributed by atoms with E-state index in [1.54, 1.807) is 18.4 Å². The van der Waals surface area contributed by atoms with Gasteiger partial charge in [-0.2, -0.15) is 0 Å². The topological polar surface area (TPSA) is 12.5 Å². The molecule has 19 heavy (non-hydrogen) atoms. The van der Waals surface area contributed by atoms with Crippen molar-refractivity contribution in [3.05, 3.63) is 50.6 Å². The molecule has 2 rings (SSSR count). The van der Waals surface area contributed by atoms with Crippen molar-refractivity contribution in [2.45, 2.75) is 19.5 Å². The minimum atomic E-state index is 0.375. The molecule has 0 saturated heterocycles. The first-order chi connectivity index (χ1) is 9.11. The number of thiophene rings is 1. The number of ether oxygens (including phenoxy) is 1. The molecule has 1 heterocycles. The Labute approximate surface area is 127 Å². The van der Waals surface area contributed by atoms with Crippen molar-refractivity contribution in [1.29, 1.82) is 0 Å². The molecule has 2 nitrogen and oxygen atoms in total. The van der Waals surface area contributed by atoms with E-state index in [1.807, 2.05) is 12.1 Å². The average molecular weight is 340 g/mol. The highest BCUT2D eigenvalue weighted by Crippen LogP contribution is 2.28. The monoisotopic (exact) mass is 339 g/mol. The van der Waals surface area contributed by atoms with E-state index in [0.29, 0.717) is 6.04 Å². The van der Waals surface area contributed by atoms with E-state index in [2.05, 4.69) is 58.4 Å². The number of halogens is 1. The lowest BCUT2D eigenvalue weighted by Gasteiger charge is -2.25. The zero-order valence-corrected chi connectivity index (χ0v) is 13.8. The lowest BCUT2D eigenvalue weighted by molar-refractivity contribution is 0.255. The molecule has 0 bridgehead atoms. The van der Waals surface area contributed by atoms with Crippen LogP contribution in [0, 0.1) is 0 Å². The van der Waals surface area contributed by atoms with Crippen molar-refractivity contribution in [2.24, 2.45) is 0 Å². The summed E-state index contributed by atoms with van der Waals surface area (Å²) < 4.78 is 6.39. The van der Waals surface area contributed by atoms with Crippen molar-refractivity contribution >= 4 is 27.3 Å². The second-order valence-electron chi connectivity index (χ2n) is 4.56. The van der Waals surface area contributed by atoms with Gasteiger partial charge in [0.15, 0.2) is 0 Å². The van der Waals surface area contributed by atoms with Gasteiger partial charge in [-0.15, -0.1) is 11.3 Å². The molecule has 1 aromatic heterocycles. The maximum absolute atomic E-state index is 5.19. The Morgan fingerprint density at radius 3 is 2.47 bits per heavy atom. The second-order valence-corrected chi connectivity index (χ2v) is 6.41. The van der Waals surface area contributed by atoms with Gasteiger partial charge in [-0.3, -0.25) is 4.90 Å². The molecule has 0 aliphatic carbocycles. The fourth-order valence-electron chi connectivity index (χ4n) is 1.94. The molecule has 0 N–H and O–H groups in total. The number of hydrogen-bond acceptors (Lipinski definition) is 3. The summed E-state index contributed by atoms with van der Waals surface area (Å²) in [6, 6.07) is 10.8. The summed E-state index contributed by atoms with van der Waals surface area (Å²) in [6.45, 7) is 3.18. The Balaban J connectivity index is 2.05. The fourth-order valence-corrected chi connectivity index (χ4v) is 3.48. The normalized spacial score (nSPS) is 12.7. The van der Waals surface area contributed by atoms with Crippen LogP contribution in [-0.2, 0) is 6.54 Å². The first-order valence-corrected chi connectivity index (χ1v) is 7.85. The molecule has 1 unspecified atom stereocenters. The predicted molar refractivity (Wildman–Crippen MR) is 84.9 cm³/mol. The maximum Gasteiger partial charge on any atom is 0.118 e. The molecule has 1 aromatic carbocycles. The standard InChI is InChI=1S/C15H18BrNOS/c1-11(12-4-6-13(18-3)7-5-12)17(2)10-15-14(16)8-9-19-15/h4-9,11H,10H2,1-3H3. The summed E-state index contributed by atoms with van der Waals surface area (Å²) in [5, 5.41) is 2.12. The molecule has 0 fully saturated rings. The molecular weight excluding hydrogens is 322 g/mol. The van der Waals surface area contributed by atoms with Crippen LogP contribution in [0.4, 0.5) is 0 Å². The van der Waals surface area contributed by atoms with Gasteiger partial charge in [-0.1, -0.05) is 12.1 Å². The van der Waals surface area contributed by atoms with Crippen molar-refractivity contribution in [3.63, 3.8) is 0 Å². The highest BCUT2D eigenvalue weighted by molar-refractivity contribution is 9.10. The Morgan fingerprint density at radius 2 is 1.95 bits per heavy atom. The van der Waals surface area contributed by atoms with Gasteiger partial charge in [0.1, 0.15) is 5.75 Å². The first kappa shape index (κ1) is 14.6. The molecule has 1 atom stereocenters. The number of hydrogen-bond donors (Lipinski definition) is 0. The van der Waals surface area contributed by atoms with Gasteiger partial charge in [0.05, 0.1) is 7.11 Å². The minimum Gasteiger partial charge on any atom is -0.497 e. The zero-order valence-electron chi connectivity index (χ0n) is 11.4.